The van der Waals surface area contributed by atoms with Gasteiger partial charge in [0, 0.05) is 35.7 Å². The van der Waals surface area contributed by atoms with Crippen LogP contribution in [-0.2, 0) is 23.0 Å². The number of sulfonamides is 1. The number of aliphatic hydroxyl groups is 1. The van der Waals surface area contributed by atoms with Crippen LogP contribution in [0.4, 0.5) is 5.69 Å². The van der Waals surface area contributed by atoms with Crippen LogP contribution in [0.15, 0.2) is 78.9 Å². The van der Waals surface area contributed by atoms with E-state index in [0.29, 0.717) is 30.9 Å². The van der Waals surface area contributed by atoms with Crippen molar-refractivity contribution in [2.75, 3.05) is 24.1 Å². The lowest BCUT2D eigenvalue weighted by atomic mass is 10.0. The van der Waals surface area contributed by atoms with E-state index >= 15 is 0 Å². The molecular weight excluding hydrogens is 518 g/mol. The van der Waals surface area contributed by atoms with Crippen LogP contribution in [0.2, 0.25) is 0 Å². The number of aromatic carboxylic acids is 1. The molecule has 1 aromatic heterocycles. The van der Waals surface area contributed by atoms with E-state index in [4.69, 9.17) is 4.74 Å². The van der Waals surface area contributed by atoms with Crippen molar-refractivity contribution in [3.8, 4) is 5.75 Å². The van der Waals surface area contributed by atoms with Gasteiger partial charge in [-0.1, -0.05) is 36.4 Å². The van der Waals surface area contributed by atoms with E-state index in [1.165, 1.54) is 0 Å². The number of aromatic nitrogens is 1. The molecule has 0 saturated carbocycles. The van der Waals surface area contributed by atoms with Crippen molar-refractivity contribution < 1.29 is 28.2 Å². The monoisotopic (exact) mass is 551 g/mol. The Hall–Kier alpha value is -3.86. The van der Waals surface area contributed by atoms with Crippen LogP contribution in [0.1, 0.15) is 28.5 Å². The molecule has 2 atom stereocenters. The predicted molar refractivity (Wildman–Crippen MR) is 152 cm³/mol. The zero-order valence-electron chi connectivity index (χ0n) is 21.9. The normalized spacial score (nSPS) is 13.2. The molecule has 1 heterocycles. The summed E-state index contributed by atoms with van der Waals surface area (Å²) in [6, 6.07) is 23.8. The third-order valence-corrected chi connectivity index (χ3v) is 6.82. The average molecular weight is 552 g/mol. The maximum absolute atomic E-state index is 12.0. The zero-order chi connectivity index (χ0) is 28.0. The molecule has 4 N–H and O–H groups in total. The molecule has 0 amide bonds. The first kappa shape index (κ1) is 28.2. The fraction of sp³-hybridized carbons (Fsp3) is 0.276. The Bertz CT molecular complexity index is 1520. The second-order valence-corrected chi connectivity index (χ2v) is 11.4. The Kier molecular flexibility index (Phi) is 8.90. The van der Waals surface area contributed by atoms with E-state index in [1.807, 2.05) is 55.5 Å². The number of nitrogens with zero attached hydrogens (tertiary/aromatic N) is 1. The third-order valence-electron chi connectivity index (χ3n) is 6.21. The van der Waals surface area contributed by atoms with E-state index in [0.717, 1.165) is 28.3 Å². The first-order valence-electron chi connectivity index (χ1n) is 12.6. The van der Waals surface area contributed by atoms with Crippen molar-refractivity contribution in [2.45, 2.75) is 32.0 Å². The van der Waals surface area contributed by atoms with E-state index in [-0.39, 0.29) is 18.3 Å². The van der Waals surface area contributed by atoms with Gasteiger partial charge in [0.05, 0.1) is 6.26 Å². The number of carboxylic acids is 1. The number of aliphatic hydroxyl groups excluding tert-OH is 1. The number of nitrogens with one attached hydrogen (secondary N) is 2. The molecule has 9 nitrogen and oxygen atoms in total. The van der Waals surface area contributed by atoms with Gasteiger partial charge in [-0.25, -0.2) is 13.2 Å². The van der Waals surface area contributed by atoms with E-state index in [2.05, 4.69) is 10.0 Å². The summed E-state index contributed by atoms with van der Waals surface area (Å²) in [4.78, 5) is 12.0. The largest absolute Gasteiger partial charge is 0.491 e. The van der Waals surface area contributed by atoms with Gasteiger partial charge in [0.15, 0.2) is 0 Å². The molecule has 0 spiro atoms. The van der Waals surface area contributed by atoms with Crippen molar-refractivity contribution >= 4 is 32.6 Å². The molecule has 0 aliphatic rings. The maximum atomic E-state index is 12.0. The van der Waals surface area contributed by atoms with Gasteiger partial charge in [-0.3, -0.25) is 4.72 Å². The number of anilines is 1. The summed E-state index contributed by atoms with van der Waals surface area (Å²) in [7, 11) is -3.38. The van der Waals surface area contributed by atoms with Gasteiger partial charge in [-0.05, 0) is 66.9 Å². The maximum Gasteiger partial charge on any atom is 0.352 e. The highest BCUT2D eigenvalue weighted by Crippen LogP contribution is 2.24. The Morgan fingerprint density at radius 3 is 2.36 bits per heavy atom. The molecule has 0 radical (unpaired) electrons. The number of hydrogen-bond donors (Lipinski definition) is 4. The van der Waals surface area contributed by atoms with E-state index in [9.17, 15) is 23.4 Å². The summed E-state index contributed by atoms with van der Waals surface area (Å²) in [5.41, 5.74) is 3.30. The molecule has 10 heteroatoms. The summed E-state index contributed by atoms with van der Waals surface area (Å²) >= 11 is 0. The summed E-state index contributed by atoms with van der Waals surface area (Å²) in [5, 5.41) is 24.2. The molecule has 206 valence electrons. The number of rotatable bonds is 13. The predicted octanol–water partition coefficient (Wildman–Crippen LogP) is 3.72. The van der Waals surface area contributed by atoms with Crippen LogP contribution >= 0.6 is 0 Å². The number of benzene rings is 3. The third kappa shape index (κ3) is 8.06. The highest BCUT2D eigenvalue weighted by atomic mass is 32.2. The van der Waals surface area contributed by atoms with Crippen molar-refractivity contribution in [1.82, 2.24) is 9.88 Å². The molecule has 0 bridgehead atoms. The Balaban J connectivity index is 1.40. The molecule has 0 fully saturated rings. The SMILES string of the molecule is CC(Cc1ccc2c(c1)cc(C(=O)O)n2Cc1ccc(NS(C)(=O)=O)cc1)NC[C@H](O)COc1ccccc1. The minimum atomic E-state index is -3.38. The van der Waals surface area contributed by atoms with Crippen molar-refractivity contribution in [2.24, 2.45) is 0 Å². The van der Waals surface area contributed by atoms with Crippen LogP contribution in [0.3, 0.4) is 0 Å². The Morgan fingerprint density at radius 2 is 1.69 bits per heavy atom. The van der Waals surface area contributed by atoms with E-state index < -0.39 is 22.1 Å². The minimum Gasteiger partial charge on any atom is -0.491 e. The molecule has 4 rings (SSSR count). The van der Waals surface area contributed by atoms with Gasteiger partial charge in [0.25, 0.3) is 0 Å². The van der Waals surface area contributed by atoms with E-state index in [1.54, 1.807) is 34.9 Å². The van der Waals surface area contributed by atoms with Gasteiger partial charge in [-0.2, -0.15) is 0 Å². The first-order valence-corrected chi connectivity index (χ1v) is 14.5. The smallest absolute Gasteiger partial charge is 0.352 e. The number of para-hydroxylation sites is 1. The zero-order valence-corrected chi connectivity index (χ0v) is 22.7. The molecule has 1 unspecified atom stereocenters. The number of hydrogen-bond acceptors (Lipinski definition) is 6. The Morgan fingerprint density at radius 1 is 1.00 bits per heavy atom. The van der Waals surface area contributed by atoms with Gasteiger partial charge in [0.2, 0.25) is 10.0 Å². The Labute approximate surface area is 228 Å². The van der Waals surface area contributed by atoms with Gasteiger partial charge < -0.3 is 24.8 Å². The van der Waals surface area contributed by atoms with Crippen LogP contribution in [0.25, 0.3) is 10.9 Å². The minimum absolute atomic E-state index is 0.0777. The summed E-state index contributed by atoms with van der Waals surface area (Å²) in [5.74, 6) is -0.309. The quantitative estimate of drug-likeness (QED) is 0.199. The van der Waals surface area contributed by atoms with Crippen molar-refractivity contribution in [3.63, 3.8) is 0 Å². The van der Waals surface area contributed by atoms with Crippen molar-refractivity contribution in [3.05, 3.63) is 95.7 Å². The second kappa shape index (κ2) is 12.3. The lowest BCUT2D eigenvalue weighted by molar-refractivity contribution is 0.0686. The average Bonchev–Trinajstić information content (AvgIpc) is 3.25. The molecule has 3 aromatic carbocycles. The standard InChI is InChI=1S/C29H33N3O6S/c1-20(30-17-25(33)19-38-26-6-4-3-5-7-26)14-22-10-13-27-23(15-22)16-28(29(34)35)32(27)18-21-8-11-24(12-9-21)31-39(2,36)37/h3-13,15-16,20,25,30-31,33H,14,17-19H2,1-2H3,(H,34,35)/t20?,25-/m0/s1. The number of fused-ring (bicyclic) bond motifs is 1. The molecule has 0 aliphatic carbocycles. The molecule has 0 saturated heterocycles. The lowest BCUT2D eigenvalue weighted by Gasteiger charge is -2.18. The first-order chi connectivity index (χ1) is 18.6. The molecule has 4 aromatic rings. The van der Waals surface area contributed by atoms with Crippen molar-refractivity contribution in [1.29, 1.82) is 0 Å². The summed E-state index contributed by atoms with van der Waals surface area (Å²) < 4.78 is 32.6. The highest BCUT2D eigenvalue weighted by Gasteiger charge is 2.16. The van der Waals surface area contributed by atoms with Crippen LogP contribution in [0.5, 0.6) is 5.75 Å². The van der Waals surface area contributed by atoms with Gasteiger partial charge in [-0.15, -0.1) is 0 Å². The lowest BCUT2D eigenvalue weighted by Crippen LogP contribution is -2.37. The van der Waals surface area contributed by atoms with Crippen LogP contribution in [-0.4, -0.2) is 60.7 Å². The van der Waals surface area contributed by atoms with Crippen LogP contribution < -0.4 is 14.8 Å². The topological polar surface area (TPSA) is 130 Å². The molecule has 39 heavy (non-hydrogen) atoms. The second-order valence-electron chi connectivity index (χ2n) is 9.68. The fourth-order valence-electron chi connectivity index (χ4n) is 4.40. The molecular formula is C29H33N3O6S. The number of ether oxygens (including phenoxy) is 1. The highest BCUT2D eigenvalue weighted by molar-refractivity contribution is 7.92. The number of carbonyl (C=O) groups is 1. The van der Waals surface area contributed by atoms with Crippen LogP contribution in [0, 0.1) is 0 Å². The molecule has 0 aliphatic heterocycles. The van der Waals surface area contributed by atoms with Gasteiger partial charge in [0.1, 0.15) is 24.2 Å². The fourth-order valence-corrected chi connectivity index (χ4v) is 4.96. The van der Waals surface area contributed by atoms with Gasteiger partial charge >= 0.3 is 5.97 Å². The number of carboxylic acid groups (broad SMARTS) is 1. The summed E-state index contributed by atoms with van der Waals surface area (Å²) in [6.45, 7) is 2.93. The summed E-state index contributed by atoms with van der Waals surface area (Å²) in [6.07, 6.45) is 1.13.